The first-order valence-electron chi connectivity index (χ1n) is 2.99. The van der Waals surface area contributed by atoms with Crippen molar-refractivity contribution in [3.8, 4) is 0 Å². The summed E-state index contributed by atoms with van der Waals surface area (Å²) in [6.45, 7) is 7.49. The van der Waals surface area contributed by atoms with Crippen LogP contribution >= 0.6 is 0 Å². The predicted molar refractivity (Wildman–Crippen MR) is 38.0 cm³/mol. The number of rotatable bonds is 3. The minimum absolute atomic E-state index is 0.0351. The zero-order valence-electron chi connectivity index (χ0n) is 5.98. The van der Waals surface area contributed by atoms with Gasteiger partial charge in [0.15, 0.2) is 5.78 Å². The van der Waals surface area contributed by atoms with Crippen molar-refractivity contribution in [2.45, 2.75) is 13.8 Å². The summed E-state index contributed by atoms with van der Waals surface area (Å²) in [6, 6.07) is 0. The number of Topliss-reactive ketones (excluding diaryl/α,β-unsaturated/α-hetero) is 1. The van der Waals surface area contributed by atoms with Crippen molar-refractivity contribution in [1.82, 2.24) is 0 Å². The van der Waals surface area contributed by atoms with E-state index in [1.54, 1.807) is 0 Å². The van der Waals surface area contributed by atoms with Crippen LogP contribution in [0.3, 0.4) is 0 Å². The largest absolute Gasteiger partial charge is 0.330 e. The summed E-state index contributed by atoms with van der Waals surface area (Å²) < 4.78 is 0. The van der Waals surface area contributed by atoms with Gasteiger partial charge < -0.3 is 5.73 Å². The monoisotopic (exact) mass is 127 g/mol. The SMILES string of the molecule is C=C(C(C)=O)C(C)CN. The van der Waals surface area contributed by atoms with Crippen LogP contribution in [0.1, 0.15) is 13.8 Å². The van der Waals surface area contributed by atoms with Crippen molar-refractivity contribution in [1.29, 1.82) is 0 Å². The molecule has 0 aliphatic rings. The van der Waals surface area contributed by atoms with Crippen molar-refractivity contribution in [3.05, 3.63) is 12.2 Å². The van der Waals surface area contributed by atoms with Crippen LogP contribution in [0, 0.1) is 5.92 Å². The third-order valence-corrected chi connectivity index (χ3v) is 1.40. The molecule has 1 unspecified atom stereocenters. The first kappa shape index (κ1) is 8.37. The fourth-order valence-corrected chi connectivity index (χ4v) is 0.489. The standard InChI is InChI=1S/C7H13NO/c1-5(4-8)6(2)7(3)9/h5H,2,4,8H2,1,3H3. The Bertz CT molecular complexity index is 129. The smallest absolute Gasteiger partial charge is 0.155 e. The Balaban J connectivity index is 3.88. The minimum Gasteiger partial charge on any atom is -0.330 e. The highest BCUT2D eigenvalue weighted by molar-refractivity contribution is 5.93. The topological polar surface area (TPSA) is 43.1 Å². The number of carbonyl (C=O) groups excluding carboxylic acids is 1. The first-order chi connectivity index (χ1) is 4.09. The molecule has 0 heterocycles. The molecule has 0 saturated carbocycles. The Kier molecular flexibility index (Phi) is 3.17. The van der Waals surface area contributed by atoms with Crippen LogP contribution in [0.2, 0.25) is 0 Å². The number of carbonyl (C=O) groups is 1. The molecule has 0 rings (SSSR count). The van der Waals surface area contributed by atoms with Gasteiger partial charge in [0.2, 0.25) is 0 Å². The Morgan fingerprint density at radius 1 is 1.78 bits per heavy atom. The van der Waals surface area contributed by atoms with E-state index in [0.717, 1.165) is 0 Å². The lowest BCUT2D eigenvalue weighted by Gasteiger charge is -2.07. The molecule has 0 amide bonds. The first-order valence-corrected chi connectivity index (χ1v) is 2.99. The molecular formula is C7H13NO. The third-order valence-electron chi connectivity index (χ3n) is 1.40. The second-order valence-electron chi connectivity index (χ2n) is 2.22. The van der Waals surface area contributed by atoms with Gasteiger partial charge in [0, 0.05) is 0 Å². The molecule has 2 N–H and O–H groups in total. The van der Waals surface area contributed by atoms with E-state index in [1.807, 2.05) is 6.92 Å². The van der Waals surface area contributed by atoms with Gasteiger partial charge in [0.25, 0.3) is 0 Å². The van der Waals surface area contributed by atoms with E-state index in [0.29, 0.717) is 12.1 Å². The highest BCUT2D eigenvalue weighted by atomic mass is 16.1. The van der Waals surface area contributed by atoms with Crippen molar-refractivity contribution in [2.75, 3.05) is 6.54 Å². The molecule has 0 aromatic carbocycles. The fourth-order valence-electron chi connectivity index (χ4n) is 0.489. The Hall–Kier alpha value is -0.630. The lowest BCUT2D eigenvalue weighted by molar-refractivity contribution is -0.114. The molecule has 0 bridgehead atoms. The van der Waals surface area contributed by atoms with Crippen molar-refractivity contribution in [2.24, 2.45) is 11.7 Å². The maximum Gasteiger partial charge on any atom is 0.155 e. The average molecular weight is 127 g/mol. The van der Waals surface area contributed by atoms with Gasteiger partial charge in [0.1, 0.15) is 0 Å². The van der Waals surface area contributed by atoms with E-state index in [1.165, 1.54) is 6.92 Å². The molecule has 52 valence electrons. The summed E-state index contributed by atoms with van der Waals surface area (Å²) in [6.07, 6.45) is 0. The number of hydrogen-bond donors (Lipinski definition) is 1. The van der Waals surface area contributed by atoms with Crippen LogP contribution in [0.25, 0.3) is 0 Å². The zero-order valence-corrected chi connectivity index (χ0v) is 5.98. The van der Waals surface area contributed by atoms with Crippen LogP contribution in [0.5, 0.6) is 0 Å². The molecule has 0 aromatic heterocycles. The van der Waals surface area contributed by atoms with Gasteiger partial charge in [-0.3, -0.25) is 4.79 Å². The summed E-state index contributed by atoms with van der Waals surface area (Å²) >= 11 is 0. The molecule has 0 aliphatic heterocycles. The van der Waals surface area contributed by atoms with Gasteiger partial charge >= 0.3 is 0 Å². The molecule has 2 nitrogen and oxygen atoms in total. The van der Waals surface area contributed by atoms with E-state index >= 15 is 0 Å². The van der Waals surface area contributed by atoms with E-state index in [9.17, 15) is 4.79 Å². The van der Waals surface area contributed by atoms with E-state index < -0.39 is 0 Å². The van der Waals surface area contributed by atoms with E-state index in [4.69, 9.17) is 5.73 Å². The zero-order chi connectivity index (χ0) is 7.44. The average Bonchev–Trinajstić information content (AvgIpc) is 1.84. The van der Waals surface area contributed by atoms with E-state index in [-0.39, 0.29) is 11.7 Å². The second-order valence-corrected chi connectivity index (χ2v) is 2.22. The summed E-state index contributed by atoms with van der Waals surface area (Å²) in [5.74, 6) is 0.162. The molecule has 9 heavy (non-hydrogen) atoms. The highest BCUT2D eigenvalue weighted by Gasteiger charge is 2.07. The normalized spacial score (nSPS) is 12.8. The summed E-state index contributed by atoms with van der Waals surface area (Å²) in [4.78, 5) is 10.6. The molecule has 1 atom stereocenters. The molecule has 0 aliphatic carbocycles. The predicted octanol–water partition coefficient (Wildman–Crippen LogP) is 0.726. The van der Waals surface area contributed by atoms with Crippen molar-refractivity contribution in [3.63, 3.8) is 0 Å². The quantitative estimate of drug-likeness (QED) is 0.568. The van der Waals surface area contributed by atoms with Crippen LogP contribution in [-0.4, -0.2) is 12.3 Å². The molecule has 0 aromatic rings. The Morgan fingerprint density at radius 2 is 2.22 bits per heavy atom. The van der Waals surface area contributed by atoms with Gasteiger partial charge in [0.05, 0.1) is 0 Å². The number of hydrogen-bond acceptors (Lipinski definition) is 2. The van der Waals surface area contributed by atoms with Gasteiger partial charge in [-0.2, -0.15) is 0 Å². The van der Waals surface area contributed by atoms with Crippen LogP contribution < -0.4 is 5.73 Å². The van der Waals surface area contributed by atoms with Gasteiger partial charge in [-0.15, -0.1) is 0 Å². The maximum atomic E-state index is 10.6. The lowest BCUT2D eigenvalue weighted by atomic mass is 10.0. The van der Waals surface area contributed by atoms with E-state index in [2.05, 4.69) is 6.58 Å². The van der Waals surface area contributed by atoms with Gasteiger partial charge in [-0.25, -0.2) is 0 Å². The van der Waals surface area contributed by atoms with Gasteiger partial charge in [-0.1, -0.05) is 13.5 Å². The number of nitrogens with two attached hydrogens (primary N) is 1. The van der Waals surface area contributed by atoms with Crippen LogP contribution in [0.15, 0.2) is 12.2 Å². The molecule has 0 radical (unpaired) electrons. The van der Waals surface area contributed by atoms with Crippen LogP contribution in [-0.2, 0) is 4.79 Å². The Labute approximate surface area is 55.7 Å². The maximum absolute atomic E-state index is 10.6. The molecular weight excluding hydrogens is 114 g/mol. The lowest BCUT2D eigenvalue weighted by Crippen LogP contribution is -2.16. The highest BCUT2D eigenvalue weighted by Crippen LogP contribution is 2.05. The minimum atomic E-state index is 0.0351. The summed E-state index contributed by atoms with van der Waals surface area (Å²) in [7, 11) is 0. The number of ketones is 1. The summed E-state index contributed by atoms with van der Waals surface area (Å²) in [5.41, 5.74) is 5.92. The van der Waals surface area contributed by atoms with Crippen LogP contribution in [0.4, 0.5) is 0 Å². The fraction of sp³-hybridized carbons (Fsp3) is 0.571. The van der Waals surface area contributed by atoms with Crippen molar-refractivity contribution >= 4 is 5.78 Å². The van der Waals surface area contributed by atoms with Gasteiger partial charge in [-0.05, 0) is 25.0 Å². The Morgan fingerprint density at radius 3 is 2.33 bits per heavy atom. The summed E-state index contributed by atoms with van der Waals surface area (Å²) in [5, 5.41) is 0. The second kappa shape index (κ2) is 3.41. The third kappa shape index (κ3) is 2.42. The molecule has 2 heteroatoms. The van der Waals surface area contributed by atoms with Crippen molar-refractivity contribution < 1.29 is 4.79 Å². The molecule has 0 fully saturated rings. The molecule has 0 spiro atoms. The molecule has 0 saturated heterocycles.